The van der Waals surface area contributed by atoms with E-state index >= 15 is 0 Å². The molecule has 1 saturated heterocycles. The molecule has 1 fully saturated rings. The molecule has 26 heavy (non-hydrogen) atoms. The molecule has 3 rings (SSSR count). The van der Waals surface area contributed by atoms with Crippen LogP contribution in [0.1, 0.15) is 34.8 Å². The van der Waals surface area contributed by atoms with Crippen molar-refractivity contribution in [3.8, 4) is 0 Å². The van der Waals surface area contributed by atoms with Crippen LogP contribution in [0.25, 0.3) is 0 Å². The number of pyridine rings is 1. The number of carbonyl (C=O) groups is 2. The zero-order valence-corrected chi connectivity index (χ0v) is 14.6. The van der Waals surface area contributed by atoms with Gasteiger partial charge in [-0.25, -0.2) is 0 Å². The van der Waals surface area contributed by atoms with E-state index in [-0.39, 0.29) is 18.4 Å². The number of rotatable bonds is 7. The standard InChI is InChI=1S/C18H24N6O2/c25-17(21-8-9-22-18(26)15-4-2-7-20-12-15)13-24-10-5-16(23-24)14-3-1-6-19-11-14/h2,4-5,7,10,12,14,19H,1,3,6,8-9,11,13H2,(H,21,25)(H,22,26). The van der Waals surface area contributed by atoms with Gasteiger partial charge in [-0.05, 0) is 37.6 Å². The van der Waals surface area contributed by atoms with Crippen LogP contribution in [0.5, 0.6) is 0 Å². The molecule has 2 aromatic heterocycles. The number of carbonyl (C=O) groups excluding carboxylic acids is 2. The van der Waals surface area contributed by atoms with Crippen molar-refractivity contribution in [3.63, 3.8) is 0 Å². The van der Waals surface area contributed by atoms with Gasteiger partial charge in [-0.1, -0.05) is 0 Å². The molecule has 2 amide bonds. The molecule has 2 aromatic rings. The van der Waals surface area contributed by atoms with E-state index in [0.717, 1.165) is 31.6 Å². The molecule has 8 heteroatoms. The summed E-state index contributed by atoms with van der Waals surface area (Å²) in [6.45, 7) is 2.91. The highest BCUT2D eigenvalue weighted by Gasteiger charge is 2.17. The first kappa shape index (κ1) is 18.1. The molecule has 1 atom stereocenters. The minimum absolute atomic E-state index is 0.128. The van der Waals surface area contributed by atoms with Gasteiger partial charge < -0.3 is 16.0 Å². The van der Waals surface area contributed by atoms with Gasteiger partial charge in [0, 0.05) is 44.1 Å². The fourth-order valence-corrected chi connectivity index (χ4v) is 2.97. The SMILES string of the molecule is O=C(Cn1ccc(C2CCCNC2)n1)NCCNC(=O)c1cccnc1. The van der Waals surface area contributed by atoms with Crippen LogP contribution in [0, 0.1) is 0 Å². The first-order chi connectivity index (χ1) is 12.7. The van der Waals surface area contributed by atoms with Gasteiger partial charge in [0.15, 0.2) is 0 Å². The number of hydrogen-bond donors (Lipinski definition) is 3. The maximum absolute atomic E-state index is 12.0. The maximum atomic E-state index is 12.0. The largest absolute Gasteiger partial charge is 0.353 e. The number of hydrogen-bond acceptors (Lipinski definition) is 5. The summed E-state index contributed by atoms with van der Waals surface area (Å²) in [7, 11) is 0. The Kier molecular flexibility index (Phi) is 6.32. The average molecular weight is 356 g/mol. The lowest BCUT2D eigenvalue weighted by atomic mass is 9.97. The second-order valence-electron chi connectivity index (χ2n) is 6.33. The van der Waals surface area contributed by atoms with Crippen LogP contribution >= 0.6 is 0 Å². The van der Waals surface area contributed by atoms with Gasteiger partial charge >= 0.3 is 0 Å². The van der Waals surface area contributed by atoms with Gasteiger partial charge in [0.25, 0.3) is 5.91 Å². The van der Waals surface area contributed by atoms with E-state index in [1.807, 2.05) is 12.3 Å². The van der Waals surface area contributed by atoms with E-state index in [1.165, 1.54) is 6.20 Å². The molecule has 8 nitrogen and oxygen atoms in total. The number of piperidine rings is 1. The zero-order valence-electron chi connectivity index (χ0n) is 14.6. The van der Waals surface area contributed by atoms with Gasteiger partial charge in [0.2, 0.25) is 5.91 Å². The number of amides is 2. The van der Waals surface area contributed by atoms with Crippen molar-refractivity contribution in [1.82, 2.24) is 30.7 Å². The number of aromatic nitrogens is 3. The Morgan fingerprint density at radius 3 is 2.92 bits per heavy atom. The average Bonchev–Trinajstić information content (AvgIpc) is 3.15. The fraction of sp³-hybridized carbons (Fsp3) is 0.444. The summed E-state index contributed by atoms with van der Waals surface area (Å²) >= 11 is 0. The molecule has 1 aliphatic heterocycles. The highest BCUT2D eigenvalue weighted by Crippen LogP contribution is 2.21. The molecule has 0 aromatic carbocycles. The van der Waals surface area contributed by atoms with Crippen LogP contribution in [0.3, 0.4) is 0 Å². The quantitative estimate of drug-likeness (QED) is 0.619. The molecule has 1 aliphatic rings. The van der Waals surface area contributed by atoms with Gasteiger partial charge in [-0.3, -0.25) is 19.3 Å². The lowest BCUT2D eigenvalue weighted by molar-refractivity contribution is -0.121. The Morgan fingerprint density at radius 1 is 1.27 bits per heavy atom. The lowest BCUT2D eigenvalue weighted by Gasteiger charge is -2.20. The van der Waals surface area contributed by atoms with E-state index in [4.69, 9.17) is 0 Å². The highest BCUT2D eigenvalue weighted by atomic mass is 16.2. The van der Waals surface area contributed by atoms with Gasteiger partial charge in [0.1, 0.15) is 6.54 Å². The van der Waals surface area contributed by atoms with Crippen LogP contribution in [-0.2, 0) is 11.3 Å². The van der Waals surface area contributed by atoms with Gasteiger partial charge in [-0.2, -0.15) is 5.10 Å². The predicted molar refractivity (Wildman–Crippen MR) is 96.7 cm³/mol. The first-order valence-electron chi connectivity index (χ1n) is 8.91. The molecule has 1 unspecified atom stereocenters. The zero-order chi connectivity index (χ0) is 18.2. The van der Waals surface area contributed by atoms with Crippen molar-refractivity contribution in [1.29, 1.82) is 0 Å². The Hall–Kier alpha value is -2.74. The van der Waals surface area contributed by atoms with E-state index in [1.54, 1.807) is 23.0 Å². The maximum Gasteiger partial charge on any atom is 0.252 e. The van der Waals surface area contributed by atoms with Crippen molar-refractivity contribution in [2.45, 2.75) is 25.3 Å². The first-order valence-corrected chi connectivity index (χ1v) is 8.91. The summed E-state index contributed by atoms with van der Waals surface area (Å²) in [5, 5.41) is 13.4. The smallest absolute Gasteiger partial charge is 0.252 e. The van der Waals surface area contributed by atoms with E-state index in [0.29, 0.717) is 24.6 Å². The Balaban J connectivity index is 1.36. The third-order valence-corrected chi connectivity index (χ3v) is 4.34. The fourth-order valence-electron chi connectivity index (χ4n) is 2.97. The van der Waals surface area contributed by atoms with E-state index in [2.05, 4.69) is 26.0 Å². The van der Waals surface area contributed by atoms with Crippen molar-refractivity contribution >= 4 is 11.8 Å². The topological polar surface area (TPSA) is 101 Å². The summed E-state index contributed by atoms with van der Waals surface area (Å²) < 4.78 is 1.66. The Bertz CT molecular complexity index is 724. The normalized spacial score (nSPS) is 16.8. The molecule has 0 radical (unpaired) electrons. The molecular weight excluding hydrogens is 332 g/mol. The third kappa shape index (κ3) is 5.13. The number of nitrogens with one attached hydrogen (secondary N) is 3. The molecule has 0 saturated carbocycles. The van der Waals surface area contributed by atoms with Crippen LogP contribution in [-0.4, -0.2) is 52.8 Å². The predicted octanol–water partition coefficient (Wildman–Crippen LogP) is 0.291. The minimum atomic E-state index is -0.204. The molecule has 3 N–H and O–H groups in total. The van der Waals surface area contributed by atoms with Crippen molar-refractivity contribution in [2.75, 3.05) is 26.2 Å². The summed E-state index contributed by atoms with van der Waals surface area (Å²) in [6, 6.07) is 5.38. The monoisotopic (exact) mass is 356 g/mol. The summed E-state index contributed by atoms with van der Waals surface area (Å²) in [4.78, 5) is 27.8. The van der Waals surface area contributed by atoms with E-state index < -0.39 is 0 Å². The number of nitrogens with zero attached hydrogens (tertiary/aromatic N) is 3. The summed E-state index contributed by atoms with van der Waals surface area (Å²) in [6.07, 6.45) is 7.25. The Morgan fingerprint density at radius 2 is 2.15 bits per heavy atom. The molecule has 0 aliphatic carbocycles. The second kappa shape index (κ2) is 9.10. The van der Waals surface area contributed by atoms with Gasteiger partial charge in [-0.15, -0.1) is 0 Å². The lowest BCUT2D eigenvalue weighted by Crippen LogP contribution is -2.36. The van der Waals surface area contributed by atoms with Crippen LogP contribution in [0.2, 0.25) is 0 Å². The molecule has 138 valence electrons. The molecule has 0 bridgehead atoms. The van der Waals surface area contributed by atoms with Crippen molar-refractivity contribution < 1.29 is 9.59 Å². The molecule has 0 spiro atoms. The highest BCUT2D eigenvalue weighted by molar-refractivity contribution is 5.93. The Labute approximate surface area is 152 Å². The van der Waals surface area contributed by atoms with Crippen LogP contribution in [0.4, 0.5) is 0 Å². The minimum Gasteiger partial charge on any atom is -0.353 e. The van der Waals surface area contributed by atoms with Crippen molar-refractivity contribution in [2.24, 2.45) is 0 Å². The molecular formula is C18H24N6O2. The van der Waals surface area contributed by atoms with Crippen LogP contribution in [0.15, 0.2) is 36.8 Å². The summed E-state index contributed by atoms with van der Waals surface area (Å²) in [5.41, 5.74) is 1.54. The molecule has 3 heterocycles. The van der Waals surface area contributed by atoms with Crippen LogP contribution < -0.4 is 16.0 Å². The third-order valence-electron chi connectivity index (χ3n) is 4.34. The van der Waals surface area contributed by atoms with Crippen molar-refractivity contribution in [3.05, 3.63) is 48.0 Å². The van der Waals surface area contributed by atoms with Gasteiger partial charge in [0.05, 0.1) is 11.3 Å². The second-order valence-corrected chi connectivity index (χ2v) is 6.33. The summed E-state index contributed by atoms with van der Waals surface area (Å²) in [5.74, 6) is 0.0953. The van der Waals surface area contributed by atoms with E-state index in [9.17, 15) is 9.59 Å².